The molecule has 17 heavy (non-hydrogen) atoms. The van der Waals surface area contributed by atoms with Gasteiger partial charge in [-0.15, -0.1) is 10.2 Å². The van der Waals surface area contributed by atoms with Crippen LogP contribution in [0.4, 0.5) is 5.13 Å². The first-order chi connectivity index (χ1) is 8.11. The predicted octanol–water partition coefficient (Wildman–Crippen LogP) is 1.97. The highest BCUT2D eigenvalue weighted by Crippen LogP contribution is 2.32. The van der Waals surface area contributed by atoms with Gasteiger partial charge in [0.25, 0.3) is 0 Å². The van der Waals surface area contributed by atoms with Gasteiger partial charge in [0.1, 0.15) is 5.01 Å². The van der Waals surface area contributed by atoms with E-state index in [2.05, 4.69) is 28.9 Å². The summed E-state index contributed by atoms with van der Waals surface area (Å²) in [7, 11) is -0.710. The molecule has 1 unspecified atom stereocenters. The maximum atomic E-state index is 12.2. The molecule has 1 fully saturated rings. The SMILES string of the molecule is CCC1(CC)CN(c2nnc(C)s2)CCS1=O. The zero-order valence-corrected chi connectivity index (χ0v) is 12.2. The Morgan fingerprint density at radius 1 is 1.41 bits per heavy atom. The average Bonchev–Trinajstić information content (AvgIpc) is 2.77. The smallest absolute Gasteiger partial charge is 0.208 e. The highest BCUT2D eigenvalue weighted by atomic mass is 32.2. The van der Waals surface area contributed by atoms with Gasteiger partial charge in [-0.1, -0.05) is 25.2 Å². The number of nitrogens with zero attached hydrogens (tertiary/aromatic N) is 3. The van der Waals surface area contributed by atoms with Crippen LogP contribution in [-0.2, 0) is 10.8 Å². The Morgan fingerprint density at radius 3 is 2.65 bits per heavy atom. The Morgan fingerprint density at radius 2 is 2.12 bits per heavy atom. The van der Waals surface area contributed by atoms with E-state index in [9.17, 15) is 4.21 Å². The van der Waals surface area contributed by atoms with E-state index in [4.69, 9.17) is 0 Å². The molecular weight excluding hydrogens is 254 g/mol. The molecule has 0 saturated carbocycles. The Balaban J connectivity index is 2.20. The molecule has 0 aromatic carbocycles. The molecule has 0 aliphatic carbocycles. The summed E-state index contributed by atoms with van der Waals surface area (Å²) in [6.45, 7) is 7.92. The molecule has 1 atom stereocenters. The number of hydrogen-bond donors (Lipinski definition) is 0. The lowest BCUT2D eigenvalue weighted by Crippen LogP contribution is -2.53. The molecule has 4 nitrogen and oxygen atoms in total. The number of aromatic nitrogens is 2. The highest BCUT2D eigenvalue weighted by molar-refractivity contribution is 7.86. The Kier molecular flexibility index (Phi) is 3.82. The van der Waals surface area contributed by atoms with Gasteiger partial charge in [0.2, 0.25) is 5.13 Å². The van der Waals surface area contributed by atoms with Crippen LogP contribution in [0.3, 0.4) is 0 Å². The molecule has 2 rings (SSSR count). The predicted molar refractivity (Wildman–Crippen MR) is 73.2 cm³/mol. The quantitative estimate of drug-likeness (QED) is 0.845. The highest BCUT2D eigenvalue weighted by Gasteiger charge is 2.39. The van der Waals surface area contributed by atoms with Crippen LogP contribution in [0.1, 0.15) is 31.7 Å². The fourth-order valence-electron chi connectivity index (χ4n) is 2.28. The van der Waals surface area contributed by atoms with Crippen LogP contribution in [0.15, 0.2) is 0 Å². The van der Waals surface area contributed by atoms with E-state index in [-0.39, 0.29) is 4.75 Å². The van der Waals surface area contributed by atoms with Gasteiger partial charge < -0.3 is 4.90 Å². The van der Waals surface area contributed by atoms with Crippen LogP contribution < -0.4 is 4.90 Å². The largest absolute Gasteiger partial charge is 0.344 e. The zero-order chi connectivity index (χ0) is 12.5. The molecule has 0 amide bonds. The van der Waals surface area contributed by atoms with Crippen molar-refractivity contribution in [2.45, 2.75) is 38.4 Å². The van der Waals surface area contributed by atoms with Crippen LogP contribution in [0.25, 0.3) is 0 Å². The van der Waals surface area contributed by atoms with E-state index in [0.717, 1.165) is 41.8 Å². The van der Waals surface area contributed by atoms with Crippen molar-refractivity contribution in [2.24, 2.45) is 0 Å². The van der Waals surface area contributed by atoms with Gasteiger partial charge in [-0.05, 0) is 19.8 Å². The van der Waals surface area contributed by atoms with Gasteiger partial charge in [-0.3, -0.25) is 4.21 Å². The fourth-order valence-corrected chi connectivity index (χ4v) is 4.76. The molecular formula is C11H19N3OS2. The van der Waals surface area contributed by atoms with Gasteiger partial charge in [0.15, 0.2) is 0 Å². The lowest BCUT2D eigenvalue weighted by Gasteiger charge is -2.40. The first kappa shape index (κ1) is 13.0. The van der Waals surface area contributed by atoms with Crippen LogP contribution >= 0.6 is 11.3 Å². The van der Waals surface area contributed by atoms with Crippen molar-refractivity contribution in [1.82, 2.24) is 10.2 Å². The molecule has 96 valence electrons. The third kappa shape index (κ3) is 2.38. The molecule has 0 spiro atoms. The Hall–Kier alpha value is -0.490. The van der Waals surface area contributed by atoms with Crippen molar-refractivity contribution in [3.05, 3.63) is 5.01 Å². The molecule has 1 aromatic rings. The first-order valence-corrected chi connectivity index (χ1v) is 8.18. The van der Waals surface area contributed by atoms with Crippen molar-refractivity contribution < 1.29 is 4.21 Å². The molecule has 0 bridgehead atoms. The standard InChI is InChI=1S/C11H19N3OS2/c1-4-11(5-2)8-14(6-7-17(11)15)10-13-12-9(3)16-10/h4-8H2,1-3H3. The lowest BCUT2D eigenvalue weighted by molar-refractivity contribution is 0.495. The van der Waals surface area contributed by atoms with Gasteiger partial charge >= 0.3 is 0 Å². The second-order valence-corrected chi connectivity index (χ2v) is 7.59. The third-order valence-electron chi connectivity index (χ3n) is 3.58. The number of aryl methyl sites for hydroxylation is 1. The molecule has 2 heterocycles. The molecule has 1 aromatic heterocycles. The topological polar surface area (TPSA) is 46.1 Å². The van der Waals surface area contributed by atoms with E-state index < -0.39 is 10.8 Å². The Bertz CT molecular complexity index is 415. The minimum absolute atomic E-state index is 0.0577. The summed E-state index contributed by atoms with van der Waals surface area (Å²) in [5.41, 5.74) is 0. The molecule has 1 aliphatic rings. The van der Waals surface area contributed by atoms with Crippen LogP contribution in [0, 0.1) is 6.92 Å². The minimum Gasteiger partial charge on any atom is -0.344 e. The van der Waals surface area contributed by atoms with E-state index in [1.807, 2.05) is 6.92 Å². The summed E-state index contributed by atoms with van der Waals surface area (Å²) >= 11 is 1.62. The molecule has 0 radical (unpaired) electrons. The molecule has 0 N–H and O–H groups in total. The van der Waals surface area contributed by atoms with E-state index in [0.29, 0.717) is 0 Å². The Labute approximate surface area is 109 Å². The second kappa shape index (κ2) is 5.02. The normalized spacial score (nSPS) is 23.9. The number of anilines is 1. The lowest BCUT2D eigenvalue weighted by atomic mass is 10.0. The van der Waals surface area contributed by atoms with E-state index >= 15 is 0 Å². The molecule has 6 heteroatoms. The van der Waals surface area contributed by atoms with Crippen molar-refractivity contribution in [3.8, 4) is 0 Å². The van der Waals surface area contributed by atoms with Crippen LogP contribution in [0.2, 0.25) is 0 Å². The molecule has 1 aliphatic heterocycles. The van der Waals surface area contributed by atoms with Crippen molar-refractivity contribution in [1.29, 1.82) is 0 Å². The maximum absolute atomic E-state index is 12.2. The van der Waals surface area contributed by atoms with Crippen molar-refractivity contribution >= 4 is 27.3 Å². The zero-order valence-electron chi connectivity index (χ0n) is 10.6. The van der Waals surface area contributed by atoms with Crippen LogP contribution in [-0.4, -0.2) is 38.0 Å². The summed E-state index contributed by atoms with van der Waals surface area (Å²) in [5, 5.41) is 10.2. The summed E-state index contributed by atoms with van der Waals surface area (Å²) in [6, 6.07) is 0. The summed E-state index contributed by atoms with van der Waals surface area (Å²) in [5.74, 6) is 0.750. The van der Waals surface area contributed by atoms with E-state index in [1.54, 1.807) is 11.3 Å². The number of hydrogen-bond acceptors (Lipinski definition) is 5. The maximum Gasteiger partial charge on any atom is 0.208 e. The van der Waals surface area contributed by atoms with E-state index in [1.165, 1.54) is 0 Å². The van der Waals surface area contributed by atoms with Gasteiger partial charge in [0, 0.05) is 29.6 Å². The van der Waals surface area contributed by atoms with Gasteiger partial charge in [0.05, 0.1) is 4.75 Å². The average molecular weight is 273 g/mol. The van der Waals surface area contributed by atoms with Gasteiger partial charge in [-0.2, -0.15) is 0 Å². The first-order valence-electron chi connectivity index (χ1n) is 6.05. The van der Waals surface area contributed by atoms with Gasteiger partial charge in [-0.25, -0.2) is 0 Å². The minimum atomic E-state index is -0.710. The monoisotopic (exact) mass is 273 g/mol. The van der Waals surface area contributed by atoms with Crippen LogP contribution in [0.5, 0.6) is 0 Å². The second-order valence-electron chi connectivity index (χ2n) is 4.46. The van der Waals surface area contributed by atoms with Crippen molar-refractivity contribution in [3.63, 3.8) is 0 Å². The third-order valence-corrected chi connectivity index (χ3v) is 6.71. The fraction of sp³-hybridized carbons (Fsp3) is 0.818. The summed E-state index contributed by atoms with van der Waals surface area (Å²) in [4.78, 5) is 2.25. The molecule has 1 saturated heterocycles. The summed E-state index contributed by atoms with van der Waals surface area (Å²) < 4.78 is 12.2. The summed E-state index contributed by atoms with van der Waals surface area (Å²) in [6.07, 6.45) is 1.93. The number of rotatable bonds is 3. The van der Waals surface area contributed by atoms with Crippen molar-refractivity contribution in [2.75, 3.05) is 23.7 Å².